The van der Waals surface area contributed by atoms with Crippen LogP contribution in [0, 0.1) is 0 Å². The average Bonchev–Trinajstić information content (AvgIpc) is 3.07. The van der Waals surface area contributed by atoms with Crippen LogP contribution in [0.2, 0.25) is 0 Å². The lowest BCUT2D eigenvalue weighted by Crippen LogP contribution is -2.22. The third-order valence-electron chi connectivity index (χ3n) is 3.38. The Balaban J connectivity index is 2.07. The van der Waals surface area contributed by atoms with Crippen molar-refractivity contribution in [2.75, 3.05) is 5.73 Å². The Morgan fingerprint density at radius 3 is 2.22 bits per heavy atom. The SMILES string of the molecule is Nc1ccc(C2(C(=O)CCC(F)(F)F)CC2)cc1. The molecule has 1 aromatic carbocycles. The van der Waals surface area contributed by atoms with Crippen LogP contribution in [-0.4, -0.2) is 12.0 Å². The zero-order chi connectivity index (χ0) is 13.4. The van der Waals surface area contributed by atoms with E-state index in [1.54, 1.807) is 24.3 Å². The first-order valence-electron chi connectivity index (χ1n) is 5.80. The van der Waals surface area contributed by atoms with Crippen LogP contribution in [0.1, 0.15) is 31.2 Å². The van der Waals surface area contributed by atoms with Gasteiger partial charge in [-0.3, -0.25) is 4.79 Å². The number of ketones is 1. The number of nitrogen functional groups attached to an aromatic ring is 1. The highest BCUT2D eigenvalue weighted by Crippen LogP contribution is 2.50. The number of alkyl halides is 3. The molecule has 0 heterocycles. The first-order chi connectivity index (χ1) is 8.33. The summed E-state index contributed by atoms with van der Waals surface area (Å²) in [6.45, 7) is 0. The topological polar surface area (TPSA) is 43.1 Å². The molecule has 2 nitrogen and oxygen atoms in total. The van der Waals surface area contributed by atoms with Crippen LogP contribution >= 0.6 is 0 Å². The van der Waals surface area contributed by atoms with Crippen LogP contribution < -0.4 is 5.73 Å². The summed E-state index contributed by atoms with van der Waals surface area (Å²) in [5, 5.41) is 0. The molecule has 2 N–H and O–H groups in total. The molecule has 98 valence electrons. The molecular formula is C13H14F3NO. The normalized spacial score (nSPS) is 17.5. The Hall–Kier alpha value is -1.52. The molecule has 0 unspecified atom stereocenters. The maximum Gasteiger partial charge on any atom is 0.389 e. The summed E-state index contributed by atoms with van der Waals surface area (Å²) in [6.07, 6.45) is -4.48. The first kappa shape index (κ1) is 12.9. The predicted molar refractivity (Wildman–Crippen MR) is 62.1 cm³/mol. The largest absolute Gasteiger partial charge is 0.399 e. The predicted octanol–water partition coefficient (Wildman–Crippen LogP) is 3.21. The lowest BCUT2D eigenvalue weighted by atomic mass is 9.89. The smallest absolute Gasteiger partial charge is 0.389 e. The van der Waals surface area contributed by atoms with Gasteiger partial charge in [0.25, 0.3) is 0 Å². The number of halogens is 3. The fraction of sp³-hybridized carbons (Fsp3) is 0.462. The molecule has 1 aliphatic rings. The monoisotopic (exact) mass is 257 g/mol. The Labute approximate surface area is 103 Å². The molecule has 2 rings (SSSR count). The second-order valence-electron chi connectivity index (χ2n) is 4.74. The summed E-state index contributed by atoms with van der Waals surface area (Å²) in [4.78, 5) is 11.9. The molecular weight excluding hydrogens is 243 g/mol. The van der Waals surface area contributed by atoms with Crippen molar-refractivity contribution >= 4 is 11.5 Å². The van der Waals surface area contributed by atoms with Gasteiger partial charge in [0.2, 0.25) is 0 Å². The van der Waals surface area contributed by atoms with Gasteiger partial charge in [-0.15, -0.1) is 0 Å². The molecule has 0 aliphatic heterocycles. The standard InChI is InChI=1S/C13H14F3NO/c14-13(15,16)6-5-11(18)12(7-8-12)9-1-3-10(17)4-2-9/h1-4H,5-8,17H2. The van der Waals surface area contributed by atoms with E-state index in [9.17, 15) is 18.0 Å². The molecule has 0 amide bonds. The highest BCUT2D eigenvalue weighted by atomic mass is 19.4. The Morgan fingerprint density at radius 2 is 1.78 bits per heavy atom. The minimum absolute atomic E-state index is 0.315. The summed E-state index contributed by atoms with van der Waals surface area (Å²) in [7, 11) is 0. The van der Waals surface area contributed by atoms with Crippen LogP contribution in [0.4, 0.5) is 18.9 Å². The van der Waals surface area contributed by atoms with Gasteiger partial charge < -0.3 is 5.73 Å². The third kappa shape index (κ3) is 2.66. The average molecular weight is 257 g/mol. The van der Waals surface area contributed by atoms with Gasteiger partial charge in [-0.1, -0.05) is 12.1 Å². The summed E-state index contributed by atoms with van der Waals surface area (Å²) in [5.74, 6) is -0.315. The van der Waals surface area contributed by atoms with E-state index in [0.29, 0.717) is 18.5 Å². The number of hydrogen-bond donors (Lipinski definition) is 1. The molecule has 1 fully saturated rings. The quantitative estimate of drug-likeness (QED) is 0.841. The first-order valence-corrected chi connectivity index (χ1v) is 5.80. The number of carbonyl (C=O) groups is 1. The number of Topliss-reactive ketones (excluding diaryl/α,β-unsaturated/α-hetero) is 1. The van der Waals surface area contributed by atoms with Crippen molar-refractivity contribution in [1.29, 1.82) is 0 Å². The van der Waals surface area contributed by atoms with Gasteiger partial charge in [0.05, 0.1) is 11.8 Å². The van der Waals surface area contributed by atoms with Crippen molar-refractivity contribution in [1.82, 2.24) is 0 Å². The highest BCUT2D eigenvalue weighted by Gasteiger charge is 2.50. The molecule has 1 saturated carbocycles. The van der Waals surface area contributed by atoms with Crippen LogP contribution in [0.3, 0.4) is 0 Å². The van der Waals surface area contributed by atoms with Crippen LogP contribution in [0.15, 0.2) is 24.3 Å². The van der Waals surface area contributed by atoms with Crippen molar-refractivity contribution in [2.45, 2.75) is 37.3 Å². The van der Waals surface area contributed by atoms with Gasteiger partial charge in [-0.05, 0) is 30.5 Å². The number of benzene rings is 1. The van der Waals surface area contributed by atoms with Gasteiger partial charge in [-0.2, -0.15) is 13.2 Å². The molecule has 0 aromatic heterocycles. The lowest BCUT2D eigenvalue weighted by molar-refractivity contribution is -0.144. The van der Waals surface area contributed by atoms with Gasteiger partial charge in [0.1, 0.15) is 5.78 Å². The highest BCUT2D eigenvalue weighted by molar-refractivity contribution is 5.93. The summed E-state index contributed by atoms with van der Waals surface area (Å²) >= 11 is 0. The van der Waals surface area contributed by atoms with Crippen LogP contribution in [0.5, 0.6) is 0 Å². The number of rotatable bonds is 4. The summed E-state index contributed by atoms with van der Waals surface area (Å²) in [6, 6.07) is 6.81. The van der Waals surface area contributed by atoms with E-state index in [2.05, 4.69) is 0 Å². The molecule has 0 atom stereocenters. The molecule has 1 aromatic rings. The fourth-order valence-corrected chi connectivity index (χ4v) is 2.15. The van der Waals surface area contributed by atoms with Crippen molar-refractivity contribution in [3.63, 3.8) is 0 Å². The number of carbonyl (C=O) groups excluding carboxylic acids is 1. The Kier molecular flexibility index (Phi) is 3.09. The fourth-order valence-electron chi connectivity index (χ4n) is 2.15. The molecule has 18 heavy (non-hydrogen) atoms. The summed E-state index contributed by atoms with van der Waals surface area (Å²) < 4.78 is 36.3. The van der Waals surface area contributed by atoms with Crippen LogP contribution in [-0.2, 0) is 10.2 Å². The second kappa shape index (κ2) is 4.30. The number of anilines is 1. The maximum absolute atomic E-state index is 12.1. The van der Waals surface area contributed by atoms with Crippen LogP contribution in [0.25, 0.3) is 0 Å². The van der Waals surface area contributed by atoms with Crippen molar-refractivity contribution in [3.05, 3.63) is 29.8 Å². The maximum atomic E-state index is 12.1. The Bertz CT molecular complexity index is 446. The third-order valence-corrected chi connectivity index (χ3v) is 3.38. The van der Waals surface area contributed by atoms with E-state index < -0.39 is 24.4 Å². The van der Waals surface area contributed by atoms with Gasteiger partial charge in [-0.25, -0.2) is 0 Å². The molecule has 5 heteroatoms. The van der Waals surface area contributed by atoms with Gasteiger partial charge >= 0.3 is 6.18 Å². The molecule has 1 aliphatic carbocycles. The Morgan fingerprint density at radius 1 is 1.22 bits per heavy atom. The molecule has 0 bridgehead atoms. The minimum atomic E-state index is -4.27. The van der Waals surface area contributed by atoms with E-state index in [1.165, 1.54) is 0 Å². The van der Waals surface area contributed by atoms with Gasteiger partial charge in [0.15, 0.2) is 0 Å². The van der Waals surface area contributed by atoms with E-state index >= 15 is 0 Å². The summed E-state index contributed by atoms with van der Waals surface area (Å²) in [5.41, 5.74) is 6.23. The zero-order valence-electron chi connectivity index (χ0n) is 9.76. The van der Waals surface area contributed by atoms with E-state index in [4.69, 9.17) is 5.73 Å². The zero-order valence-corrected chi connectivity index (χ0v) is 9.76. The van der Waals surface area contributed by atoms with Crippen molar-refractivity contribution in [3.8, 4) is 0 Å². The van der Waals surface area contributed by atoms with Crippen molar-refractivity contribution in [2.24, 2.45) is 0 Å². The van der Waals surface area contributed by atoms with E-state index in [1.807, 2.05) is 0 Å². The lowest BCUT2D eigenvalue weighted by Gasteiger charge is -2.15. The second-order valence-corrected chi connectivity index (χ2v) is 4.74. The van der Waals surface area contributed by atoms with Gasteiger partial charge in [0, 0.05) is 12.1 Å². The van der Waals surface area contributed by atoms with Crippen molar-refractivity contribution < 1.29 is 18.0 Å². The molecule has 0 spiro atoms. The number of nitrogens with two attached hydrogens (primary N) is 1. The number of hydrogen-bond acceptors (Lipinski definition) is 2. The van der Waals surface area contributed by atoms with E-state index in [0.717, 1.165) is 5.56 Å². The van der Waals surface area contributed by atoms with E-state index in [-0.39, 0.29) is 5.78 Å². The molecule has 0 radical (unpaired) electrons. The minimum Gasteiger partial charge on any atom is -0.399 e. The molecule has 0 saturated heterocycles.